The first-order valence-electron chi connectivity index (χ1n) is 8.76. The second-order valence-electron chi connectivity index (χ2n) is 5.81. The third-order valence-corrected chi connectivity index (χ3v) is 3.62. The van der Waals surface area contributed by atoms with Crippen molar-refractivity contribution in [3.63, 3.8) is 0 Å². The molecule has 0 amide bonds. The summed E-state index contributed by atoms with van der Waals surface area (Å²) in [6, 6.07) is 0.475. The molecule has 1 rings (SSSR count). The predicted molar refractivity (Wildman–Crippen MR) is 110 cm³/mol. The highest BCUT2D eigenvalue weighted by molar-refractivity contribution is 14.0. The van der Waals surface area contributed by atoms with Crippen molar-refractivity contribution in [3.8, 4) is 0 Å². The number of hydrogen-bond acceptors (Lipinski definition) is 2. The highest BCUT2D eigenvalue weighted by atomic mass is 127. The van der Waals surface area contributed by atoms with E-state index in [1.807, 2.05) is 18.7 Å². The highest BCUT2D eigenvalue weighted by Crippen LogP contribution is 2.05. The molecule has 0 aliphatic heterocycles. The van der Waals surface area contributed by atoms with E-state index in [9.17, 15) is 0 Å². The summed E-state index contributed by atoms with van der Waals surface area (Å²) in [5.74, 6) is 0.941. The average Bonchev–Trinajstić information content (AvgIpc) is 3.01. The van der Waals surface area contributed by atoms with Crippen LogP contribution in [0.1, 0.15) is 59.3 Å². The van der Waals surface area contributed by atoms with Gasteiger partial charge in [0, 0.05) is 38.1 Å². The Morgan fingerprint density at radius 1 is 1.22 bits per heavy atom. The van der Waals surface area contributed by atoms with Gasteiger partial charge in [-0.1, -0.05) is 32.6 Å². The minimum atomic E-state index is 0. The Balaban J connectivity index is 0.00000484. The number of guanidine groups is 1. The maximum absolute atomic E-state index is 4.66. The lowest BCUT2D eigenvalue weighted by atomic mass is 10.1. The van der Waals surface area contributed by atoms with Crippen molar-refractivity contribution in [2.75, 3.05) is 13.1 Å². The van der Waals surface area contributed by atoms with Gasteiger partial charge >= 0.3 is 0 Å². The molecule has 1 heterocycles. The van der Waals surface area contributed by atoms with Gasteiger partial charge in [0.1, 0.15) is 0 Å². The first kappa shape index (κ1) is 22.2. The van der Waals surface area contributed by atoms with Gasteiger partial charge < -0.3 is 15.2 Å². The number of aromatic nitrogens is 2. The summed E-state index contributed by atoms with van der Waals surface area (Å²) in [7, 11) is 0. The lowest BCUT2D eigenvalue weighted by molar-refractivity contribution is 0.536. The van der Waals surface area contributed by atoms with Crippen LogP contribution in [0, 0.1) is 0 Å². The molecule has 1 aromatic rings. The number of nitrogens with zero attached hydrogens (tertiary/aromatic N) is 3. The van der Waals surface area contributed by atoms with Crippen molar-refractivity contribution in [2.45, 2.75) is 71.9 Å². The van der Waals surface area contributed by atoms with Crippen molar-refractivity contribution in [1.82, 2.24) is 20.2 Å². The number of rotatable bonds is 11. The Bertz CT molecular complexity index is 392. The molecule has 1 atom stereocenters. The Kier molecular flexibility index (Phi) is 14.3. The molecule has 0 aromatic carbocycles. The van der Waals surface area contributed by atoms with Gasteiger partial charge in [-0.25, -0.2) is 4.98 Å². The van der Waals surface area contributed by atoms with Crippen LogP contribution in [-0.4, -0.2) is 34.6 Å². The molecule has 0 aliphatic carbocycles. The van der Waals surface area contributed by atoms with Crippen molar-refractivity contribution in [3.05, 3.63) is 18.7 Å². The fraction of sp³-hybridized carbons (Fsp3) is 0.765. The second kappa shape index (κ2) is 14.8. The lowest BCUT2D eigenvalue weighted by Crippen LogP contribution is -2.42. The quantitative estimate of drug-likeness (QED) is 0.241. The monoisotopic (exact) mass is 435 g/mol. The number of imidazole rings is 1. The summed E-state index contributed by atoms with van der Waals surface area (Å²) < 4.78 is 2.09. The van der Waals surface area contributed by atoms with Gasteiger partial charge in [-0.05, 0) is 26.7 Å². The summed E-state index contributed by atoms with van der Waals surface area (Å²) in [5.41, 5.74) is 0. The van der Waals surface area contributed by atoms with Crippen LogP contribution in [-0.2, 0) is 6.54 Å². The van der Waals surface area contributed by atoms with Crippen molar-refractivity contribution in [2.24, 2.45) is 4.99 Å². The molecule has 0 fully saturated rings. The number of aryl methyl sites for hydroxylation is 1. The van der Waals surface area contributed by atoms with Crippen LogP contribution < -0.4 is 10.6 Å². The fourth-order valence-corrected chi connectivity index (χ4v) is 2.37. The van der Waals surface area contributed by atoms with E-state index < -0.39 is 0 Å². The van der Waals surface area contributed by atoms with Gasteiger partial charge in [-0.3, -0.25) is 4.99 Å². The zero-order valence-corrected chi connectivity index (χ0v) is 17.3. The zero-order valence-electron chi connectivity index (χ0n) is 14.9. The number of unbranched alkanes of at least 4 members (excludes halogenated alkanes) is 3. The van der Waals surface area contributed by atoms with Crippen LogP contribution in [0.15, 0.2) is 23.7 Å². The van der Waals surface area contributed by atoms with E-state index in [2.05, 4.69) is 45.9 Å². The molecule has 2 N–H and O–H groups in total. The lowest BCUT2D eigenvalue weighted by Gasteiger charge is -2.17. The Hall–Kier alpha value is -0.790. The summed E-state index contributed by atoms with van der Waals surface area (Å²) in [6.45, 7) is 9.29. The molecule has 1 unspecified atom stereocenters. The van der Waals surface area contributed by atoms with E-state index >= 15 is 0 Å². The molecular formula is C17H34IN5. The zero-order chi connectivity index (χ0) is 16.0. The molecule has 0 bridgehead atoms. The predicted octanol–water partition coefficient (Wildman–Crippen LogP) is 3.81. The van der Waals surface area contributed by atoms with Crippen LogP contribution in [0.3, 0.4) is 0 Å². The van der Waals surface area contributed by atoms with Gasteiger partial charge in [0.25, 0.3) is 0 Å². The fourth-order valence-electron chi connectivity index (χ4n) is 2.37. The van der Waals surface area contributed by atoms with Crippen molar-refractivity contribution in [1.29, 1.82) is 0 Å². The second-order valence-corrected chi connectivity index (χ2v) is 5.81. The maximum atomic E-state index is 4.66. The van der Waals surface area contributed by atoms with E-state index in [0.717, 1.165) is 32.0 Å². The summed E-state index contributed by atoms with van der Waals surface area (Å²) in [5, 5.41) is 6.84. The van der Waals surface area contributed by atoms with E-state index in [4.69, 9.17) is 0 Å². The van der Waals surface area contributed by atoms with Crippen molar-refractivity contribution >= 4 is 29.9 Å². The Labute approximate surface area is 158 Å². The molecule has 0 aliphatic rings. The normalized spacial score (nSPS) is 12.6. The topological polar surface area (TPSA) is 54.2 Å². The molecule has 5 nitrogen and oxygen atoms in total. The Morgan fingerprint density at radius 3 is 2.70 bits per heavy atom. The molecule has 0 saturated carbocycles. The molecule has 6 heteroatoms. The molecule has 0 spiro atoms. The van der Waals surface area contributed by atoms with Crippen molar-refractivity contribution < 1.29 is 0 Å². The minimum Gasteiger partial charge on any atom is -0.357 e. The maximum Gasteiger partial charge on any atom is 0.191 e. The summed E-state index contributed by atoms with van der Waals surface area (Å²) in [4.78, 5) is 8.71. The summed E-state index contributed by atoms with van der Waals surface area (Å²) in [6.07, 6.45) is 13.2. The third kappa shape index (κ3) is 11.4. The number of hydrogen-bond donors (Lipinski definition) is 2. The van der Waals surface area contributed by atoms with Gasteiger partial charge in [0.2, 0.25) is 0 Å². The van der Waals surface area contributed by atoms with Crippen LogP contribution in [0.5, 0.6) is 0 Å². The van der Waals surface area contributed by atoms with E-state index in [-0.39, 0.29) is 24.0 Å². The van der Waals surface area contributed by atoms with Crippen LogP contribution in [0.4, 0.5) is 0 Å². The standard InChI is InChI=1S/C17H33N5.HI/c1-4-6-7-8-10-16(3)21-17(19-5-2)20-11-9-13-22-14-12-18-15-22;/h12,14-16H,4-11,13H2,1-3H3,(H2,19,20,21);1H. The van der Waals surface area contributed by atoms with Crippen LogP contribution in [0.2, 0.25) is 0 Å². The van der Waals surface area contributed by atoms with Gasteiger partial charge in [0.05, 0.1) is 6.33 Å². The van der Waals surface area contributed by atoms with Crippen LogP contribution in [0.25, 0.3) is 0 Å². The van der Waals surface area contributed by atoms with Crippen LogP contribution >= 0.6 is 24.0 Å². The molecule has 23 heavy (non-hydrogen) atoms. The van der Waals surface area contributed by atoms with Gasteiger partial charge in [-0.2, -0.15) is 0 Å². The molecule has 134 valence electrons. The molecule has 0 radical (unpaired) electrons. The average molecular weight is 435 g/mol. The largest absolute Gasteiger partial charge is 0.357 e. The molecular weight excluding hydrogens is 401 g/mol. The van der Waals surface area contributed by atoms with Gasteiger partial charge in [-0.15, -0.1) is 24.0 Å². The SMILES string of the molecule is CCCCCCC(C)NC(=NCCCn1ccnc1)NCC.I. The highest BCUT2D eigenvalue weighted by Gasteiger charge is 2.04. The molecule has 1 aromatic heterocycles. The minimum absolute atomic E-state index is 0. The summed E-state index contributed by atoms with van der Waals surface area (Å²) >= 11 is 0. The van der Waals surface area contributed by atoms with E-state index in [1.54, 1.807) is 0 Å². The smallest absolute Gasteiger partial charge is 0.191 e. The first-order valence-corrected chi connectivity index (χ1v) is 8.76. The molecule has 0 saturated heterocycles. The van der Waals surface area contributed by atoms with E-state index in [1.165, 1.54) is 32.1 Å². The van der Waals surface area contributed by atoms with Gasteiger partial charge in [0.15, 0.2) is 5.96 Å². The first-order chi connectivity index (χ1) is 10.8. The number of aliphatic imine (C=N–C) groups is 1. The Morgan fingerprint density at radius 2 is 2.04 bits per heavy atom. The number of halogens is 1. The third-order valence-electron chi connectivity index (χ3n) is 3.62. The number of nitrogens with one attached hydrogen (secondary N) is 2. The van der Waals surface area contributed by atoms with E-state index in [0.29, 0.717) is 6.04 Å².